The van der Waals surface area contributed by atoms with E-state index in [2.05, 4.69) is 46.5 Å². The lowest BCUT2D eigenvalue weighted by molar-refractivity contribution is 0.108. The summed E-state index contributed by atoms with van der Waals surface area (Å²) in [7, 11) is 5.19. The second-order valence-corrected chi connectivity index (χ2v) is 7.91. The Labute approximate surface area is 199 Å². The summed E-state index contributed by atoms with van der Waals surface area (Å²) in [5.74, 6) is 3.11. The second kappa shape index (κ2) is 14.7. The van der Waals surface area contributed by atoms with Crippen LogP contribution in [0.5, 0.6) is 11.5 Å². The Morgan fingerprint density at radius 1 is 1.20 bits per heavy atom. The number of hydrogen-bond donors (Lipinski definition) is 2. The van der Waals surface area contributed by atoms with Gasteiger partial charge in [-0.1, -0.05) is 13.8 Å². The molecule has 1 atom stereocenters. The highest BCUT2D eigenvalue weighted by Gasteiger charge is 2.23. The van der Waals surface area contributed by atoms with E-state index in [-0.39, 0.29) is 24.0 Å². The van der Waals surface area contributed by atoms with E-state index in [1.165, 1.54) is 5.56 Å². The number of benzene rings is 1. The number of nitrogens with one attached hydrogen (secondary N) is 2. The Morgan fingerprint density at radius 3 is 2.50 bits per heavy atom. The maximum Gasteiger partial charge on any atom is 0.191 e. The van der Waals surface area contributed by atoms with Gasteiger partial charge in [-0.05, 0) is 36.5 Å². The van der Waals surface area contributed by atoms with Crippen molar-refractivity contribution in [2.75, 3.05) is 54.1 Å². The molecule has 0 saturated carbocycles. The van der Waals surface area contributed by atoms with Crippen molar-refractivity contribution in [2.24, 2.45) is 10.9 Å². The van der Waals surface area contributed by atoms with Gasteiger partial charge in [0.25, 0.3) is 0 Å². The average molecular weight is 534 g/mol. The molecule has 172 valence electrons. The van der Waals surface area contributed by atoms with Crippen LogP contribution in [0.4, 0.5) is 0 Å². The summed E-state index contributed by atoms with van der Waals surface area (Å²) in [6, 6.07) is 6.45. The lowest BCUT2D eigenvalue weighted by atomic mass is 10.2. The van der Waals surface area contributed by atoms with Gasteiger partial charge in [0.1, 0.15) is 11.5 Å². The molecular formula is C22H39IN4O3. The molecule has 0 radical (unpaired) electrons. The number of aliphatic imine (C=N–C) groups is 1. The van der Waals surface area contributed by atoms with Crippen molar-refractivity contribution in [3.63, 3.8) is 0 Å². The van der Waals surface area contributed by atoms with Gasteiger partial charge in [0.15, 0.2) is 5.96 Å². The van der Waals surface area contributed by atoms with E-state index in [0.29, 0.717) is 12.0 Å². The SMILES string of the molecule is CN=C(NCCCOCC(C)C)NC1CCN(Cc2cc(OC)cc(OC)c2)C1.I. The molecule has 2 rings (SSSR count). The minimum atomic E-state index is 0. The van der Waals surface area contributed by atoms with Crippen molar-refractivity contribution < 1.29 is 14.2 Å². The maximum atomic E-state index is 5.62. The second-order valence-electron chi connectivity index (χ2n) is 7.91. The first kappa shape index (κ1) is 26.8. The number of ether oxygens (including phenoxy) is 3. The molecule has 0 aliphatic carbocycles. The van der Waals surface area contributed by atoms with Crippen molar-refractivity contribution in [3.8, 4) is 11.5 Å². The van der Waals surface area contributed by atoms with Gasteiger partial charge in [-0.25, -0.2) is 0 Å². The third-order valence-electron chi connectivity index (χ3n) is 4.86. The van der Waals surface area contributed by atoms with Gasteiger partial charge in [-0.3, -0.25) is 9.89 Å². The first-order valence-corrected chi connectivity index (χ1v) is 10.5. The Hall–Kier alpha value is -1.26. The third-order valence-corrected chi connectivity index (χ3v) is 4.86. The number of guanidine groups is 1. The highest BCUT2D eigenvalue weighted by Crippen LogP contribution is 2.24. The molecule has 30 heavy (non-hydrogen) atoms. The van der Waals surface area contributed by atoms with Gasteiger partial charge in [0, 0.05) is 58.5 Å². The molecule has 7 nitrogen and oxygen atoms in total. The molecule has 1 saturated heterocycles. The highest BCUT2D eigenvalue weighted by atomic mass is 127. The smallest absolute Gasteiger partial charge is 0.191 e. The van der Waals surface area contributed by atoms with Crippen molar-refractivity contribution in [1.82, 2.24) is 15.5 Å². The van der Waals surface area contributed by atoms with Gasteiger partial charge in [-0.2, -0.15) is 0 Å². The van der Waals surface area contributed by atoms with E-state index in [9.17, 15) is 0 Å². The van der Waals surface area contributed by atoms with Gasteiger partial charge >= 0.3 is 0 Å². The summed E-state index contributed by atoms with van der Waals surface area (Å²) < 4.78 is 16.4. The van der Waals surface area contributed by atoms with Crippen LogP contribution in [-0.2, 0) is 11.3 Å². The monoisotopic (exact) mass is 534 g/mol. The molecule has 0 bridgehead atoms. The van der Waals surface area contributed by atoms with E-state index in [4.69, 9.17) is 14.2 Å². The van der Waals surface area contributed by atoms with Crippen molar-refractivity contribution in [1.29, 1.82) is 0 Å². The van der Waals surface area contributed by atoms with E-state index in [1.807, 2.05) is 13.1 Å². The van der Waals surface area contributed by atoms with E-state index in [0.717, 1.165) is 69.7 Å². The lowest BCUT2D eigenvalue weighted by Gasteiger charge is -2.19. The van der Waals surface area contributed by atoms with E-state index < -0.39 is 0 Å². The van der Waals surface area contributed by atoms with E-state index in [1.54, 1.807) is 14.2 Å². The van der Waals surface area contributed by atoms with Gasteiger partial charge < -0.3 is 24.8 Å². The zero-order chi connectivity index (χ0) is 21.1. The zero-order valence-corrected chi connectivity index (χ0v) is 21.4. The van der Waals surface area contributed by atoms with Crippen LogP contribution in [0.2, 0.25) is 0 Å². The van der Waals surface area contributed by atoms with Crippen molar-refractivity contribution >= 4 is 29.9 Å². The molecular weight excluding hydrogens is 495 g/mol. The first-order valence-electron chi connectivity index (χ1n) is 10.5. The molecule has 0 amide bonds. The quantitative estimate of drug-likeness (QED) is 0.197. The minimum Gasteiger partial charge on any atom is -0.497 e. The Bertz CT molecular complexity index is 621. The first-order chi connectivity index (χ1) is 14.0. The Balaban J connectivity index is 0.00000450. The fraction of sp³-hybridized carbons (Fsp3) is 0.682. The van der Waals surface area contributed by atoms with Crippen LogP contribution in [0.1, 0.15) is 32.3 Å². The zero-order valence-electron chi connectivity index (χ0n) is 19.1. The molecule has 0 spiro atoms. The molecule has 1 aromatic rings. The predicted octanol–water partition coefficient (Wildman–Crippen LogP) is 3.12. The van der Waals surface area contributed by atoms with Crippen LogP contribution in [0, 0.1) is 5.92 Å². The number of methoxy groups -OCH3 is 2. The molecule has 0 aromatic heterocycles. The topological polar surface area (TPSA) is 67.4 Å². The summed E-state index contributed by atoms with van der Waals surface area (Å²) in [6.07, 6.45) is 2.07. The fourth-order valence-corrected chi connectivity index (χ4v) is 3.40. The molecule has 1 heterocycles. The largest absolute Gasteiger partial charge is 0.497 e. The molecule has 8 heteroatoms. The average Bonchev–Trinajstić information content (AvgIpc) is 3.15. The number of likely N-dealkylation sites (tertiary alicyclic amines) is 1. The van der Waals surface area contributed by atoms with Gasteiger partial charge in [0.05, 0.1) is 14.2 Å². The summed E-state index contributed by atoms with van der Waals surface area (Å²) in [4.78, 5) is 6.80. The molecule has 1 fully saturated rings. The van der Waals surface area contributed by atoms with Crippen molar-refractivity contribution in [2.45, 2.75) is 39.3 Å². The van der Waals surface area contributed by atoms with Gasteiger partial charge in [-0.15, -0.1) is 24.0 Å². The maximum absolute atomic E-state index is 5.62. The molecule has 1 aliphatic heterocycles. The minimum absolute atomic E-state index is 0. The van der Waals surface area contributed by atoms with Crippen molar-refractivity contribution in [3.05, 3.63) is 23.8 Å². The van der Waals surface area contributed by atoms with Crippen LogP contribution < -0.4 is 20.1 Å². The van der Waals surface area contributed by atoms with Crippen LogP contribution >= 0.6 is 24.0 Å². The normalized spacial score (nSPS) is 17.0. The molecule has 1 aromatic carbocycles. The number of hydrogen-bond acceptors (Lipinski definition) is 5. The standard InChI is InChI=1S/C22H38N4O3.HI/c1-17(2)16-29-10-6-8-24-22(23-3)25-19-7-9-26(15-19)14-18-11-20(27-4)13-21(12-18)28-5;/h11-13,17,19H,6-10,14-16H2,1-5H3,(H2,23,24,25);1H. The van der Waals surface area contributed by atoms with Crippen LogP contribution in [0.15, 0.2) is 23.2 Å². The van der Waals surface area contributed by atoms with E-state index >= 15 is 0 Å². The summed E-state index contributed by atoms with van der Waals surface area (Å²) in [5, 5.41) is 6.93. The van der Waals surface area contributed by atoms with Crippen LogP contribution in [-0.4, -0.2) is 71.0 Å². The van der Waals surface area contributed by atoms with Crippen LogP contribution in [0.3, 0.4) is 0 Å². The molecule has 1 unspecified atom stereocenters. The fourth-order valence-electron chi connectivity index (χ4n) is 3.40. The summed E-state index contributed by atoms with van der Waals surface area (Å²) in [6.45, 7) is 9.71. The Kier molecular flexibility index (Phi) is 13.1. The summed E-state index contributed by atoms with van der Waals surface area (Å²) >= 11 is 0. The van der Waals surface area contributed by atoms with Gasteiger partial charge in [0.2, 0.25) is 0 Å². The number of nitrogens with zero attached hydrogens (tertiary/aromatic N) is 2. The number of rotatable bonds is 11. The molecule has 2 N–H and O–H groups in total. The lowest BCUT2D eigenvalue weighted by Crippen LogP contribution is -2.44. The molecule has 1 aliphatic rings. The number of halogens is 1. The highest BCUT2D eigenvalue weighted by molar-refractivity contribution is 14.0. The van der Waals surface area contributed by atoms with Crippen LogP contribution in [0.25, 0.3) is 0 Å². The predicted molar refractivity (Wildman–Crippen MR) is 133 cm³/mol. The summed E-state index contributed by atoms with van der Waals surface area (Å²) in [5.41, 5.74) is 1.20. The Morgan fingerprint density at radius 2 is 1.90 bits per heavy atom. The third kappa shape index (κ3) is 9.70.